The van der Waals surface area contributed by atoms with Crippen LogP contribution in [-0.2, 0) is 23.0 Å². The second-order valence-electron chi connectivity index (χ2n) is 8.10. The van der Waals surface area contributed by atoms with E-state index in [2.05, 4.69) is 9.97 Å². The van der Waals surface area contributed by atoms with Crippen molar-refractivity contribution in [3.63, 3.8) is 0 Å². The number of piperidine rings is 1. The number of amides is 1. The summed E-state index contributed by atoms with van der Waals surface area (Å²) in [4.78, 5) is 35.3. The highest BCUT2D eigenvalue weighted by molar-refractivity contribution is 7.88. The zero-order valence-electron chi connectivity index (χ0n) is 17.2. The molecule has 1 unspecified atom stereocenters. The Morgan fingerprint density at radius 1 is 1.23 bits per heavy atom. The van der Waals surface area contributed by atoms with E-state index in [9.17, 15) is 18.0 Å². The zero-order valence-corrected chi connectivity index (χ0v) is 18.0. The molecule has 30 heavy (non-hydrogen) atoms. The van der Waals surface area contributed by atoms with Crippen molar-refractivity contribution in [1.82, 2.24) is 19.2 Å². The van der Waals surface area contributed by atoms with Crippen molar-refractivity contribution in [2.45, 2.75) is 45.2 Å². The lowest BCUT2D eigenvalue weighted by atomic mass is 9.99. The Morgan fingerprint density at radius 3 is 2.77 bits per heavy atom. The van der Waals surface area contributed by atoms with Crippen molar-refractivity contribution < 1.29 is 13.2 Å². The molecule has 2 aliphatic rings. The molecule has 1 aromatic carbocycles. The molecule has 8 nitrogen and oxygen atoms in total. The highest BCUT2D eigenvalue weighted by Crippen LogP contribution is 2.31. The molecule has 0 spiro atoms. The van der Waals surface area contributed by atoms with Gasteiger partial charge in [0.2, 0.25) is 10.0 Å². The van der Waals surface area contributed by atoms with Gasteiger partial charge in [-0.05, 0) is 38.3 Å². The lowest BCUT2D eigenvalue weighted by Crippen LogP contribution is -2.42. The molecule has 160 valence electrons. The van der Waals surface area contributed by atoms with Crippen LogP contribution in [0.15, 0.2) is 29.1 Å². The molecule has 1 aromatic heterocycles. The van der Waals surface area contributed by atoms with Crippen molar-refractivity contribution in [1.29, 1.82) is 0 Å². The Morgan fingerprint density at radius 2 is 2.03 bits per heavy atom. The maximum Gasteiger partial charge on any atom is 0.255 e. The van der Waals surface area contributed by atoms with Crippen molar-refractivity contribution >= 4 is 15.9 Å². The quantitative estimate of drug-likeness (QED) is 0.799. The number of sulfonamides is 1. The van der Waals surface area contributed by atoms with E-state index in [-0.39, 0.29) is 24.1 Å². The largest absolute Gasteiger partial charge is 0.328 e. The van der Waals surface area contributed by atoms with E-state index < -0.39 is 10.0 Å². The summed E-state index contributed by atoms with van der Waals surface area (Å²) in [6, 6.07) is 7.21. The standard InChI is InChI=1S/C21H26N4O4S/c1-14-6-5-7-15(12-14)21(27)25-10-4-3-8-18(25)19-22-17-9-11-24(30(2,28)29)13-16(17)20(26)23-19/h5-7,12,18H,3-4,8-11,13H2,1-2H3,(H,22,23,26). The van der Waals surface area contributed by atoms with E-state index in [1.807, 2.05) is 31.2 Å². The minimum atomic E-state index is -3.37. The molecular weight excluding hydrogens is 404 g/mol. The summed E-state index contributed by atoms with van der Waals surface area (Å²) in [6.07, 6.45) is 4.12. The highest BCUT2D eigenvalue weighted by atomic mass is 32.2. The van der Waals surface area contributed by atoms with Gasteiger partial charge in [-0.15, -0.1) is 0 Å². The number of H-pyrrole nitrogens is 1. The van der Waals surface area contributed by atoms with Gasteiger partial charge in [0.05, 0.1) is 23.6 Å². The molecule has 3 heterocycles. The van der Waals surface area contributed by atoms with Gasteiger partial charge in [-0.2, -0.15) is 4.31 Å². The first-order chi connectivity index (χ1) is 14.2. The number of aryl methyl sites for hydroxylation is 1. The third kappa shape index (κ3) is 4.04. The Balaban J connectivity index is 1.66. The summed E-state index contributed by atoms with van der Waals surface area (Å²) in [7, 11) is -3.37. The Kier molecular flexibility index (Phi) is 5.50. The van der Waals surface area contributed by atoms with E-state index in [1.165, 1.54) is 4.31 Å². The van der Waals surface area contributed by atoms with E-state index in [1.54, 1.807) is 4.90 Å². The topological polar surface area (TPSA) is 103 Å². The van der Waals surface area contributed by atoms with Gasteiger partial charge in [-0.3, -0.25) is 9.59 Å². The van der Waals surface area contributed by atoms with Crippen molar-refractivity contribution in [3.05, 3.63) is 62.8 Å². The van der Waals surface area contributed by atoms with Gasteiger partial charge in [-0.1, -0.05) is 17.7 Å². The molecule has 0 aliphatic carbocycles. The summed E-state index contributed by atoms with van der Waals surface area (Å²) >= 11 is 0. The summed E-state index contributed by atoms with van der Waals surface area (Å²) in [5.74, 6) is 0.430. The van der Waals surface area contributed by atoms with Gasteiger partial charge >= 0.3 is 0 Å². The first-order valence-corrected chi connectivity index (χ1v) is 12.0. The number of carbonyl (C=O) groups excluding carboxylic acids is 1. The highest BCUT2D eigenvalue weighted by Gasteiger charge is 2.33. The van der Waals surface area contributed by atoms with Gasteiger partial charge < -0.3 is 9.88 Å². The molecule has 1 fully saturated rings. The average molecular weight is 431 g/mol. The molecule has 1 N–H and O–H groups in total. The van der Waals surface area contributed by atoms with E-state index >= 15 is 0 Å². The molecule has 0 bridgehead atoms. The SMILES string of the molecule is Cc1cccc(C(=O)N2CCCCC2c2nc3c(c(=O)[nH]2)CN(S(C)(=O)=O)CC3)c1. The first kappa shape index (κ1) is 20.7. The normalized spacial score (nSPS) is 20.1. The predicted octanol–water partition coefficient (Wildman–Crippen LogP) is 1.76. The van der Waals surface area contributed by atoms with Gasteiger partial charge in [0, 0.05) is 31.6 Å². The molecule has 1 atom stereocenters. The summed E-state index contributed by atoms with van der Waals surface area (Å²) in [6.45, 7) is 2.90. The Hall–Kier alpha value is -2.52. The third-order valence-electron chi connectivity index (χ3n) is 5.87. The fraction of sp³-hybridized carbons (Fsp3) is 0.476. The molecule has 2 aromatic rings. The van der Waals surface area contributed by atoms with Gasteiger partial charge in [0.1, 0.15) is 5.82 Å². The van der Waals surface area contributed by atoms with Crippen LogP contribution in [0.25, 0.3) is 0 Å². The van der Waals surface area contributed by atoms with Crippen molar-refractivity contribution in [3.8, 4) is 0 Å². The smallest absolute Gasteiger partial charge is 0.255 e. The van der Waals surface area contributed by atoms with Crippen LogP contribution in [0.5, 0.6) is 0 Å². The van der Waals surface area contributed by atoms with Crippen LogP contribution in [0.1, 0.15) is 58.3 Å². The number of carbonyl (C=O) groups is 1. The molecular formula is C21H26N4O4S. The molecule has 1 saturated heterocycles. The van der Waals surface area contributed by atoms with Gasteiger partial charge in [0.15, 0.2) is 0 Å². The Labute approximate surface area is 176 Å². The van der Waals surface area contributed by atoms with Crippen LogP contribution in [0.4, 0.5) is 0 Å². The van der Waals surface area contributed by atoms with Crippen LogP contribution in [0.3, 0.4) is 0 Å². The number of hydrogen-bond donors (Lipinski definition) is 1. The number of fused-ring (bicyclic) bond motifs is 1. The van der Waals surface area contributed by atoms with Crippen LogP contribution in [-0.4, -0.2) is 52.8 Å². The first-order valence-electron chi connectivity index (χ1n) is 10.2. The molecule has 4 rings (SSSR count). The van der Waals surface area contributed by atoms with Crippen LogP contribution >= 0.6 is 0 Å². The number of nitrogens with zero attached hydrogens (tertiary/aromatic N) is 3. The lowest BCUT2D eigenvalue weighted by Gasteiger charge is -2.35. The second-order valence-corrected chi connectivity index (χ2v) is 10.1. The van der Waals surface area contributed by atoms with E-state index in [4.69, 9.17) is 0 Å². The lowest BCUT2D eigenvalue weighted by molar-refractivity contribution is 0.0598. The van der Waals surface area contributed by atoms with Crippen LogP contribution < -0.4 is 5.56 Å². The summed E-state index contributed by atoms with van der Waals surface area (Å²) in [5, 5.41) is 0. The predicted molar refractivity (Wildman–Crippen MR) is 113 cm³/mol. The monoisotopic (exact) mass is 430 g/mol. The molecule has 1 amide bonds. The van der Waals surface area contributed by atoms with E-state index in [0.29, 0.717) is 42.2 Å². The van der Waals surface area contributed by atoms with Crippen molar-refractivity contribution in [2.75, 3.05) is 19.3 Å². The number of aromatic nitrogens is 2. The van der Waals surface area contributed by atoms with Crippen molar-refractivity contribution in [2.24, 2.45) is 0 Å². The number of hydrogen-bond acceptors (Lipinski definition) is 5. The van der Waals surface area contributed by atoms with Gasteiger partial charge in [-0.25, -0.2) is 13.4 Å². The Bertz CT molecular complexity index is 1140. The molecule has 9 heteroatoms. The molecule has 0 radical (unpaired) electrons. The average Bonchev–Trinajstić information content (AvgIpc) is 2.72. The number of rotatable bonds is 3. The third-order valence-corrected chi connectivity index (χ3v) is 7.11. The minimum Gasteiger partial charge on any atom is -0.328 e. The molecule has 2 aliphatic heterocycles. The summed E-state index contributed by atoms with van der Waals surface area (Å²) in [5.41, 5.74) is 2.35. The van der Waals surface area contributed by atoms with Gasteiger partial charge in [0.25, 0.3) is 11.5 Å². The second kappa shape index (κ2) is 7.96. The fourth-order valence-corrected chi connectivity index (χ4v) is 5.05. The molecule has 0 saturated carbocycles. The number of likely N-dealkylation sites (tertiary alicyclic amines) is 1. The fourth-order valence-electron chi connectivity index (χ4n) is 4.26. The number of benzene rings is 1. The minimum absolute atomic E-state index is 0.0351. The van der Waals surface area contributed by atoms with E-state index in [0.717, 1.165) is 31.1 Å². The maximum absolute atomic E-state index is 13.2. The maximum atomic E-state index is 13.2. The van der Waals surface area contributed by atoms with Crippen LogP contribution in [0.2, 0.25) is 0 Å². The number of aromatic amines is 1. The zero-order chi connectivity index (χ0) is 21.5. The summed E-state index contributed by atoms with van der Waals surface area (Å²) < 4.78 is 25.0. The number of nitrogens with one attached hydrogen (secondary N) is 1. The van der Waals surface area contributed by atoms with Crippen LogP contribution in [0, 0.1) is 6.92 Å².